The zero-order valence-corrected chi connectivity index (χ0v) is 28.5. The van der Waals surface area contributed by atoms with Gasteiger partial charge in [-0.1, -0.05) is 18.6 Å². The molecule has 0 aliphatic carbocycles. The van der Waals surface area contributed by atoms with Crippen LogP contribution in [0.5, 0.6) is 0 Å². The largest absolute Gasteiger partial charge is 0.481 e. The molecule has 49 heavy (non-hydrogen) atoms. The lowest BCUT2D eigenvalue weighted by Crippen LogP contribution is -2.53. The van der Waals surface area contributed by atoms with Crippen LogP contribution in [0.4, 0.5) is 5.69 Å². The van der Waals surface area contributed by atoms with Gasteiger partial charge in [0, 0.05) is 36.6 Å². The lowest BCUT2D eigenvalue weighted by molar-refractivity contribution is -0.154. The van der Waals surface area contributed by atoms with Crippen molar-refractivity contribution in [3.8, 4) is 0 Å². The molecule has 0 fully saturated rings. The number of carbonyl (C=O) groups is 7. The molecule has 3 atom stereocenters. The molecule has 0 bridgehead atoms. The number of carboxylic acid groups (broad SMARTS) is 1. The highest BCUT2D eigenvalue weighted by molar-refractivity contribution is 7.80. The first-order chi connectivity index (χ1) is 23.1. The first-order valence-corrected chi connectivity index (χ1v) is 16.5. The number of aliphatic carboxylic acids is 1. The lowest BCUT2D eigenvalue weighted by Gasteiger charge is -2.23. The Hall–Kier alpha value is -4.32. The summed E-state index contributed by atoms with van der Waals surface area (Å²) in [6.07, 6.45) is 1.96. The van der Waals surface area contributed by atoms with Crippen LogP contribution in [0.2, 0.25) is 0 Å². The molecule has 1 aliphatic heterocycles. The van der Waals surface area contributed by atoms with Crippen LogP contribution in [0.25, 0.3) is 0 Å². The molecule has 0 saturated carbocycles. The second-order valence-electron chi connectivity index (χ2n) is 12.1. The SMILES string of the molecule is CC(C)(CS)C(=O)OCc1ccc(NC(=O)[C@H](CCCNC(N)O)NC(=O)[C@H](CC(=O)O)NC(=O)CCCCCN2C(=O)C=CC2=O)cc1. The van der Waals surface area contributed by atoms with E-state index in [2.05, 4.69) is 33.9 Å². The number of nitrogens with one attached hydrogen (secondary N) is 4. The van der Waals surface area contributed by atoms with Gasteiger partial charge in [-0.15, -0.1) is 0 Å². The molecule has 1 aromatic rings. The Bertz CT molecular complexity index is 1350. The van der Waals surface area contributed by atoms with E-state index in [0.717, 1.165) is 4.90 Å². The minimum absolute atomic E-state index is 0.0119. The van der Waals surface area contributed by atoms with Crippen LogP contribution in [-0.4, -0.2) is 93.9 Å². The molecule has 8 N–H and O–H groups in total. The van der Waals surface area contributed by atoms with E-state index in [4.69, 9.17) is 10.5 Å². The summed E-state index contributed by atoms with van der Waals surface area (Å²) in [7, 11) is 0. The van der Waals surface area contributed by atoms with E-state index in [1.807, 2.05) is 0 Å². The predicted molar refractivity (Wildman–Crippen MR) is 180 cm³/mol. The van der Waals surface area contributed by atoms with E-state index in [9.17, 15) is 43.8 Å². The summed E-state index contributed by atoms with van der Waals surface area (Å²) in [5.41, 5.74) is 5.58. The number of amides is 5. The van der Waals surface area contributed by atoms with E-state index in [0.29, 0.717) is 36.3 Å². The molecule has 0 aromatic heterocycles. The van der Waals surface area contributed by atoms with Crippen molar-refractivity contribution in [1.82, 2.24) is 20.9 Å². The molecule has 17 heteroatoms. The summed E-state index contributed by atoms with van der Waals surface area (Å²) in [6.45, 7) is 3.85. The zero-order chi connectivity index (χ0) is 36.6. The maximum absolute atomic E-state index is 13.3. The highest BCUT2D eigenvalue weighted by atomic mass is 32.1. The number of hydrogen-bond acceptors (Lipinski definition) is 12. The van der Waals surface area contributed by atoms with Crippen molar-refractivity contribution in [2.24, 2.45) is 11.1 Å². The monoisotopic (exact) mass is 706 g/mol. The van der Waals surface area contributed by atoms with Crippen LogP contribution in [0.15, 0.2) is 36.4 Å². The number of nitrogens with zero attached hydrogens (tertiary/aromatic N) is 1. The standard InChI is InChI=1S/C32H46N6O10S/c1-32(2,19-49)30(46)48-18-20-9-11-21(12-10-20)35-28(44)22(7-6-15-34-31(33)47)37-29(45)23(17-27(42)43)36-24(39)8-4-3-5-16-38-25(40)13-14-26(38)41/h9-14,22-23,31,34,47,49H,3-8,15-19,33H2,1-2H3,(H,35,44)(H,36,39)(H,37,45)(H,42,43)/t22-,23-,31?/m0/s1. The number of aliphatic hydroxyl groups is 1. The first kappa shape index (κ1) is 40.9. The number of anilines is 1. The number of rotatable bonds is 22. The number of hydrogen-bond donors (Lipinski definition) is 8. The number of benzene rings is 1. The summed E-state index contributed by atoms with van der Waals surface area (Å²) in [5, 5.41) is 28.9. The summed E-state index contributed by atoms with van der Waals surface area (Å²) in [6, 6.07) is 3.83. The van der Waals surface area contributed by atoms with Gasteiger partial charge >= 0.3 is 11.9 Å². The molecule has 1 heterocycles. The number of imide groups is 1. The van der Waals surface area contributed by atoms with Crippen molar-refractivity contribution >= 4 is 59.8 Å². The Morgan fingerprint density at radius 3 is 2.18 bits per heavy atom. The molecular formula is C32H46N6O10S. The fourth-order valence-electron chi connectivity index (χ4n) is 4.45. The molecular weight excluding hydrogens is 660 g/mol. The third kappa shape index (κ3) is 14.8. The number of aliphatic hydroxyl groups excluding tert-OH is 1. The van der Waals surface area contributed by atoms with Gasteiger partial charge in [0.1, 0.15) is 18.7 Å². The Labute approximate surface area is 290 Å². The number of nitrogens with two attached hydrogens (primary N) is 1. The second kappa shape index (κ2) is 20.3. The molecule has 5 amide bonds. The summed E-state index contributed by atoms with van der Waals surface area (Å²) >= 11 is 4.16. The molecule has 1 unspecified atom stereocenters. The highest BCUT2D eigenvalue weighted by Gasteiger charge is 2.29. The minimum atomic E-state index is -1.48. The quantitative estimate of drug-likeness (QED) is 0.0264. The summed E-state index contributed by atoms with van der Waals surface area (Å²) in [5.74, 6) is -4.33. The third-order valence-corrected chi connectivity index (χ3v) is 8.20. The number of esters is 1. The molecule has 0 saturated heterocycles. The molecule has 1 aliphatic rings. The number of thiol groups is 1. The van der Waals surface area contributed by atoms with E-state index in [1.165, 1.54) is 12.2 Å². The van der Waals surface area contributed by atoms with Gasteiger partial charge in [-0.2, -0.15) is 12.6 Å². The Kier molecular flexibility index (Phi) is 16.9. The Balaban J connectivity index is 1.99. The average molecular weight is 707 g/mol. The fourth-order valence-corrected chi connectivity index (χ4v) is 4.58. The van der Waals surface area contributed by atoms with Gasteiger partial charge in [0.05, 0.1) is 11.8 Å². The lowest BCUT2D eigenvalue weighted by atomic mass is 9.97. The van der Waals surface area contributed by atoms with Gasteiger partial charge in [0.15, 0.2) is 6.35 Å². The van der Waals surface area contributed by atoms with Crippen molar-refractivity contribution in [2.45, 2.75) is 83.8 Å². The molecule has 1 aromatic carbocycles. The number of unbranched alkanes of at least 4 members (excludes halogenated alkanes) is 2. The van der Waals surface area contributed by atoms with E-state index < -0.39 is 71.7 Å². The normalized spacial score (nSPS) is 14.6. The van der Waals surface area contributed by atoms with Crippen LogP contribution < -0.4 is 27.0 Å². The predicted octanol–water partition coefficient (Wildman–Crippen LogP) is 0.158. The van der Waals surface area contributed by atoms with Gasteiger partial charge in [-0.05, 0) is 63.8 Å². The van der Waals surface area contributed by atoms with E-state index in [1.54, 1.807) is 38.1 Å². The van der Waals surface area contributed by atoms with Crippen LogP contribution >= 0.6 is 12.6 Å². The third-order valence-electron chi connectivity index (χ3n) is 7.41. The topological polar surface area (TPSA) is 247 Å². The summed E-state index contributed by atoms with van der Waals surface area (Å²) in [4.78, 5) is 87.2. The van der Waals surface area contributed by atoms with E-state index in [-0.39, 0.29) is 39.0 Å². The van der Waals surface area contributed by atoms with Crippen LogP contribution in [0, 0.1) is 5.41 Å². The van der Waals surface area contributed by atoms with Crippen molar-refractivity contribution in [2.75, 3.05) is 24.2 Å². The maximum atomic E-state index is 13.3. The number of carboxylic acids is 1. The highest BCUT2D eigenvalue weighted by Crippen LogP contribution is 2.20. The van der Waals surface area contributed by atoms with E-state index >= 15 is 0 Å². The fraction of sp³-hybridized carbons (Fsp3) is 0.531. The van der Waals surface area contributed by atoms with Gasteiger partial charge < -0.3 is 30.9 Å². The zero-order valence-electron chi connectivity index (χ0n) is 27.6. The second-order valence-corrected chi connectivity index (χ2v) is 12.4. The molecule has 0 spiro atoms. The van der Waals surface area contributed by atoms with Crippen LogP contribution in [0.3, 0.4) is 0 Å². The van der Waals surface area contributed by atoms with Gasteiger partial charge in [-0.25, -0.2) is 0 Å². The van der Waals surface area contributed by atoms with Gasteiger partial charge in [-0.3, -0.25) is 49.5 Å². The Morgan fingerprint density at radius 1 is 0.939 bits per heavy atom. The van der Waals surface area contributed by atoms with Crippen LogP contribution in [0.1, 0.15) is 64.4 Å². The molecule has 0 radical (unpaired) electrons. The first-order valence-electron chi connectivity index (χ1n) is 15.8. The van der Waals surface area contributed by atoms with Crippen LogP contribution in [-0.2, 0) is 44.9 Å². The maximum Gasteiger partial charge on any atom is 0.312 e. The van der Waals surface area contributed by atoms with Gasteiger partial charge in [0.25, 0.3) is 11.8 Å². The average Bonchev–Trinajstić information content (AvgIpc) is 3.36. The number of ether oxygens (including phenoxy) is 1. The number of carbonyl (C=O) groups excluding carboxylic acids is 6. The summed E-state index contributed by atoms with van der Waals surface area (Å²) < 4.78 is 5.34. The van der Waals surface area contributed by atoms with Crippen molar-refractivity contribution in [1.29, 1.82) is 0 Å². The Morgan fingerprint density at radius 2 is 1.59 bits per heavy atom. The molecule has 270 valence electrons. The van der Waals surface area contributed by atoms with Crippen molar-refractivity contribution in [3.05, 3.63) is 42.0 Å². The van der Waals surface area contributed by atoms with Crippen molar-refractivity contribution < 1.29 is 48.5 Å². The molecule has 2 rings (SSSR count). The van der Waals surface area contributed by atoms with Gasteiger partial charge in [0.2, 0.25) is 17.7 Å². The smallest absolute Gasteiger partial charge is 0.312 e. The molecule has 16 nitrogen and oxygen atoms in total. The minimum Gasteiger partial charge on any atom is -0.481 e. The van der Waals surface area contributed by atoms with Crippen molar-refractivity contribution in [3.63, 3.8) is 0 Å².